The van der Waals surface area contributed by atoms with Gasteiger partial charge in [-0.1, -0.05) is 64.5 Å². The Labute approximate surface area is 223 Å². The SMILES string of the molecule is COc1ccc2[nH]cc(CCN3C(=O)C(O)=C(C(=O)/C=C/c4ccccc4)C3c3ccc(Br)cc3)c2c1. The maximum absolute atomic E-state index is 13.3. The summed E-state index contributed by atoms with van der Waals surface area (Å²) in [6.07, 6.45) is 5.55. The van der Waals surface area contributed by atoms with Crippen LogP contribution in [-0.2, 0) is 16.0 Å². The molecule has 5 rings (SSSR count). The van der Waals surface area contributed by atoms with Gasteiger partial charge in [0, 0.05) is 28.1 Å². The molecule has 0 bridgehead atoms. The maximum Gasteiger partial charge on any atom is 0.290 e. The number of hydrogen-bond acceptors (Lipinski definition) is 4. The number of fused-ring (bicyclic) bond motifs is 1. The molecule has 2 heterocycles. The van der Waals surface area contributed by atoms with E-state index in [0.29, 0.717) is 13.0 Å². The van der Waals surface area contributed by atoms with E-state index in [1.807, 2.05) is 79.0 Å². The number of rotatable bonds is 8. The first kappa shape index (κ1) is 24.6. The third kappa shape index (κ3) is 4.95. The number of H-pyrrole nitrogens is 1. The lowest BCUT2D eigenvalue weighted by molar-refractivity contribution is -0.129. The number of carbonyl (C=O) groups is 2. The van der Waals surface area contributed by atoms with Crippen molar-refractivity contribution in [3.05, 3.63) is 118 Å². The molecule has 186 valence electrons. The number of methoxy groups -OCH3 is 1. The summed E-state index contributed by atoms with van der Waals surface area (Å²) in [7, 11) is 1.62. The van der Waals surface area contributed by atoms with Crippen molar-refractivity contribution >= 4 is 44.6 Å². The lowest BCUT2D eigenvalue weighted by Crippen LogP contribution is -2.33. The van der Waals surface area contributed by atoms with Gasteiger partial charge in [0.1, 0.15) is 5.75 Å². The highest BCUT2D eigenvalue weighted by Crippen LogP contribution is 2.38. The number of aromatic nitrogens is 1. The minimum absolute atomic E-state index is 0.0834. The first-order valence-electron chi connectivity index (χ1n) is 11.9. The fourth-order valence-corrected chi connectivity index (χ4v) is 4.95. The molecule has 0 aliphatic carbocycles. The van der Waals surface area contributed by atoms with Crippen LogP contribution in [0.25, 0.3) is 17.0 Å². The molecule has 1 unspecified atom stereocenters. The third-order valence-corrected chi connectivity index (χ3v) is 7.11. The number of hydrogen-bond donors (Lipinski definition) is 2. The monoisotopic (exact) mass is 556 g/mol. The van der Waals surface area contributed by atoms with Crippen LogP contribution < -0.4 is 4.74 Å². The fraction of sp³-hybridized carbons (Fsp3) is 0.133. The van der Waals surface area contributed by atoms with Crippen molar-refractivity contribution in [2.75, 3.05) is 13.7 Å². The molecule has 1 aromatic heterocycles. The zero-order valence-electron chi connectivity index (χ0n) is 20.1. The molecule has 1 aliphatic rings. The van der Waals surface area contributed by atoms with Crippen LogP contribution in [0.4, 0.5) is 0 Å². The number of allylic oxidation sites excluding steroid dienone is 1. The van der Waals surface area contributed by atoms with E-state index in [1.165, 1.54) is 6.08 Å². The van der Waals surface area contributed by atoms with Crippen molar-refractivity contribution < 1.29 is 19.4 Å². The molecule has 0 fully saturated rings. The molecule has 0 saturated heterocycles. The first-order chi connectivity index (χ1) is 18.0. The van der Waals surface area contributed by atoms with Crippen LogP contribution in [0.3, 0.4) is 0 Å². The number of ketones is 1. The number of aliphatic hydroxyl groups is 1. The second kappa shape index (κ2) is 10.5. The van der Waals surface area contributed by atoms with Crippen LogP contribution in [0.15, 0.2) is 101 Å². The van der Waals surface area contributed by atoms with Gasteiger partial charge >= 0.3 is 0 Å². The van der Waals surface area contributed by atoms with Crippen molar-refractivity contribution in [1.82, 2.24) is 9.88 Å². The second-order valence-corrected chi connectivity index (χ2v) is 9.71. The predicted octanol–water partition coefficient (Wildman–Crippen LogP) is 6.16. The molecular formula is C30H25BrN2O4. The maximum atomic E-state index is 13.3. The summed E-state index contributed by atoms with van der Waals surface area (Å²) in [6.45, 7) is 0.312. The molecule has 1 amide bonds. The van der Waals surface area contributed by atoms with Gasteiger partial charge in [-0.15, -0.1) is 0 Å². The third-order valence-electron chi connectivity index (χ3n) is 6.58. The lowest BCUT2D eigenvalue weighted by atomic mass is 9.95. The van der Waals surface area contributed by atoms with Crippen molar-refractivity contribution in [3.63, 3.8) is 0 Å². The number of nitrogens with one attached hydrogen (secondary N) is 1. The largest absolute Gasteiger partial charge is 0.503 e. The molecule has 37 heavy (non-hydrogen) atoms. The fourth-order valence-electron chi connectivity index (χ4n) is 4.69. The van der Waals surface area contributed by atoms with Crippen LogP contribution in [0.2, 0.25) is 0 Å². The van der Waals surface area contributed by atoms with E-state index in [-0.39, 0.29) is 5.57 Å². The van der Waals surface area contributed by atoms with Crippen molar-refractivity contribution in [1.29, 1.82) is 0 Å². The number of benzene rings is 3. The topological polar surface area (TPSA) is 82.6 Å². The molecule has 6 nitrogen and oxygen atoms in total. The van der Waals surface area contributed by atoms with Gasteiger partial charge in [0.25, 0.3) is 5.91 Å². The average molecular weight is 557 g/mol. The number of carbonyl (C=O) groups excluding carboxylic acids is 2. The van der Waals surface area contributed by atoms with E-state index in [1.54, 1.807) is 18.1 Å². The minimum Gasteiger partial charge on any atom is -0.503 e. The van der Waals surface area contributed by atoms with Crippen LogP contribution >= 0.6 is 15.9 Å². The van der Waals surface area contributed by atoms with E-state index in [2.05, 4.69) is 20.9 Å². The number of ether oxygens (including phenoxy) is 1. The smallest absolute Gasteiger partial charge is 0.290 e. The van der Waals surface area contributed by atoms with Crippen molar-refractivity contribution in [2.45, 2.75) is 12.5 Å². The van der Waals surface area contributed by atoms with E-state index in [9.17, 15) is 14.7 Å². The number of halogens is 1. The Balaban J connectivity index is 1.46. The molecule has 2 N–H and O–H groups in total. The highest BCUT2D eigenvalue weighted by atomic mass is 79.9. The average Bonchev–Trinajstić information content (AvgIpc) is 3.44. The summed E-state index contributed by atoms with van der Waals surface area (Å²) in [6, 6.07) is 22.0. The van der Waals surface area contributed by atoms with Crippen molar-refractivity contribution in [2.24, 2.45) is 0 Å². The van der Waals surface area contributed by atoms with Crippen LogP contribution in [0, 0.1) is 0 Å². The lowest BCUT2D eigenvalue weighted by Gasteiger charge is -2.26. The predicted molar refractivity (Wildman–Crippen MR) is 147 cm³/mol. The Morgan fingerprint density at radius 2 is 1.86 bits per heavy atom. The van der Waals surface area contributed by atoms with Gasteiger partial charge in [-0.2, -0.15) is 0 Å². The highest BCUT2D eigenvalue weighted by molar-refractivity contribution is 9.10. The standard InChI is InChI=1S/C30H25BrN2O4/c1-37-23-12-13-25-24(17-23)21(18-32-25)15-16-33-28(20-8-10-22(31)11-9-20)27(29(35)30(33)36)26(34)14-7-19-5-3-2-4-6-19/h2-14,17-18,28,32,35H,15-16H2,1H3/b14-7+. The molecule has 1 aliphatic heterocycles. The zero-order chi connectivity index (χ0) is 25.9. The van der Waals surface area contributed by atoms with Gasteiger partial charge < -0.3 is 19.7 Å². The van der Waals surface area contributed by atoms with Gasteiger partial charge in [0.2, 0.25) is 0 Å². The van der Waals surface area contributed by atoms with Gasteiger partial charge in [0.05, 0.1) is 18.7 Å². The summed E-state index contributed by atoms with van der Waals surface area (Å²) in [5, 5.41) is 11.9. The van der Waals surface area contributed by atoms with E-state index < -0.39 is 23.5 Å². The molecule has 0 saturated carbocycles. The number of amides is 1. The first-order valence-corrected chi connectivity index (χ1v) is 12.7. The molecule has 7 heteroatoms. The number of nitrogens with zero attached hydrogens (tertiary/aromatic N) is 1. The summed E-state index contributed by atoms with van der Waals surface area (Å²) in [4.78, 5) is 31.4. The van der Waals surface area contributed by atoms with Crippen LogP contribution in [0.1, 0.15) is 22.7 Å². The highest BCUT2D eigenvalue weighted by Gasteiger charge is 2.42. The van der Waals surface area contributed by atoms with E-state index in [4.69, 9.17) is 4.74 Å². The molecule has 0 spiro atoms. The van der Waals surface area contributed by atoms with Crippen LogP contribution in [-0.4, -0.2) is 40.3 Å². The minimum atomic E-state index is -0.701. The normalized spacial score (nSPS) is 15.8. The van der Waals surface area contributed by atoms with Crippen LogP contribution in [0.5, 0.6) is 5.75 Å². The summed E-state index contributed by atoms with van der Waals surface area (Å²) < 4.78 is 6.25. The molecule has 3 aromatic carbocycles. The Morgan fingerprint density at radius 1 is 1.11 bits per heavy atom. The summed E-state index contributed by atoms with van der Waals surface area (Å²) in [5.74, 6) is -0.712. The molecule has 1 atom stereocenters. The molecule has 4 aromatic rings. The second-order valence-electron chi connectivity index (χ2n) is 8.80. The Hall–Kier alpha value is -4.10. The Bertz CT molecular complexity index is 1520. The summed E-state index contributed by atoms with van der Waals surface area (Å²) >= 11 is 3.45. The number of aromatic amines is 1. The molecular weight excluding hydrogens is 532 g/mol. The Kier molecular flexibility index (Phi) is 6.97. The van der Waals surface area contributed by atoms with Gasteiger partial charge in [0.15, 0.2) is 11.5 Å². The van der Waals surface area contributed by atoms with Crippen molar-refractivity contribution in [3.8, 4) is 5.75 Å². The quantitative estimate of drug-likeness (QED) is 0.254. The number of aliphatic hydroxyl groups excluding tert-OH is 1. The zero-order valence-corrected chi connectivity index (χ0v) is 21.7. The van der Waals surface area contributed by atoms with Gasteiger partial charge in [-0.25, -0.2) is 0 Å². The van der Waals surface area contributed by atoms with Gasteiger partial charge in [-0.3, -0.25) is 9.59 Å². The van der Waals surface area contributed by atoms with E-state index >= 15 is 0 Å². The summed E-state index contributed by atoms with van der Waals surface area (Å²) in [5.41, 5.74) is 3.67. The Morgan fingerprint density at radius 3 is 2.59 bits per heavy atom. The van der Waals surface area contributed by atoms with Gasteiger partial charge in [-0.05, 0) is 59.5 Å². The molecule has 0 radical (unpaired) electrons. The van der Waals surface area contributed by atoms with E-state index in [0.717, 1.165) is 37.8 Å².